The second-order valence-corrected chi connectivity index (χ2v) is 7.26. The van der Waals surface area contributed by atoms with E-state index in [2.05, 4.69) is 5.32 Å². The second kappa shape index (κ2) is 7.81. The molecule has 1 aliphatic rings. The van der Waals surface area contributed by atoms with Crippen molar-refractivity contribution < 1.29 is 27.6 Å². The third kappa shape index (κ3) is 4.14. The van der Waals surface area contributed by atoms with Crippen molar-refractivity contribution in [3.05, 3.63) is 71.3 Å². The Kier molecular flexibility index (Phi) is 5.56. The van der Waals surface area contributed by atoms with Crippen LogP contribution in [0.15, 0.2) is 54.6 Å². The minimum atomic E-state index is -4.59. The van der Waals surface area contributed by atoms with Crippen molar-refractivity contribution in [3.8, 4) is 0 Å². The van der Waals surface area contributed by atoms with Gasteiger partial charge in [-0.3, -0.25) is 14.5 Å². The Balaban J connectivity index is 1.76. The zero-order chi connectivity index (χ0) is 22.1. The summed E-state index contributed by atoms with van der Waals surface area (Å²) >= 11 is 0. The van der Waals surface area contributed by atoms with Crippen molar-refractivity contribution >= 4 is 17.8 Å². The van der Waals surface area contributed by atoms with Crippen LogP contribution in [0.5, 0.6) is 0 Å². The molecule has 0 radical (unpaired) electrons. The number of carbonyl (C=O) groups is 3. The molecule has 0 saturated carbocycles. The van der Waals surface area contributed by atoms with Crippen LogP contribution in [0.25, 0.3) is 0 Å². The molecule has 2 aromatic carbocycles. The van der Waals surface area contributed by atoms with Gasteiger partial charge in [0.2, 0.25) is 5.91 Å². The summed E-state index contributed by atoms with van der Waals surface area (Å²) in [7, 11) is 1.54. The number of imide groups is 1. The molecule has 0 spiro atoms. The molecule has 1 N–H and O–H groups in total. The fourth-order valence-corrected chi connectivity index (χ4v) is 3.24. The normalized spacial score (nSPS) is 19.0. The van der Waals surface area contributed by atoms with Gasteiger partial charge in [-0.05, 0) is 30.2 Å². The van der Waals surface area contributed by atoms with Gasteiger partial charge in [0, 0.05) is 13.6 Å². The lowest BCUT2D eigenvalue weighted by Gasteiger charge is -2.24. The smallest absolute Gasteiger partial charge is 0.340 e. The van der Waals surface area contributed by atoms with E-state index in [0.29, 0.717) is 0 Å². The average molecular weight is 419 g/mol. The topological polar surface area (TPSA) is 69.7 Å². The molecule has 1 saturated heterocycles. The molecule has 0 bridgehead atoms. The Bertz CT molecular complexity index is 978. The quantitative estimate of drug-likeness (QED) is 0.757. The van der Waals surface area contributed by atoms with Gasteiger partial charge < -0.3 is 10.2 Å². The van der Waals surface area contributed by atoms with Crippen LogP contribution >= 0.6 is 0 Å². The van der Waals surface area contributed by atoms with E-state index < -0.39 is 41.7 Å². The SMILES string of the molecule is CN(Cc1ccccc1)C(=O)CN1C(=O)NC(C)(c2cccc(C(F)(F)F)c2)C1=O. The summed E-state index contributed by atoms with van der Waals surface area (Å²) in [5.74, 6) is -1.26. The number of hydrogen-bond donors (Lipinski definition) is 1. The van der Waals surface area contributed by atoms with E-state index in [-0.39, 0.29) is 12.1 Å². The predicted octanol–water partition coefficient (Wildman–Crippen LogP) is 3.13. The van der Waals surface area contributed by atoms with Gasteiger partial charge in [0.25, 0.3) is 5.91 Å². The zero-order valence-corrected chi connectivity index (χ0v) is 16.4. The van der Waals surface area contributed by atoms with Crippen molar-refractivity contribution in [1.82, 2.24) is 15.1 Å². The van der Waals surface area contributed by atoms with Crippen LogP contribution in [0.3, 0.4) is 0 Å². The van der Waals surface area contributed by atoms with Crippen LogP contribution in [0.4, 0.5) is 18.0 Å². The monoisotopic (exact) mass is 419 g/mol. The maximum absolute atomic E-state index is 13.0. The Morgan fingerprint density at radius 1 is 1.10 bits per heavy atom. The van der Waals surface area contributed by atoms with E-state index in [1.165, 1.54) is 24.0 Å². The Hall–Kier alpha value is -3.36. The van der Waals surface area contributed by atoms with E-state index in [1.807, 2.05) is 30.3 Å². The molecule has 1 unspecified atom stereocenters. The Morgan fingerprint density at radius 3 is 2.40 bits per heavy atom. The number of benzene rings is 2. The van der Waals surface area contributed by atoms with Gasteiger partial charge in [0.15, 0.2) is 0 Å². The second-order valence-electron chi connectivity index (χ2n) is 7.26. The first-order valence-corrected chi connectivity index (χ1v) is 9.12. The number of likely N-dealkylation sites (N-methyl/N-ethyl adjacent to an activating group) is 1. The van der Waals surface area contributed by atoms with Crippen LogP contribution in [-0.4, -0.2) is 41.2 Å². The van der Waals surface area contributed by atoms with Gasteiger partial charge in [0.1, 0.15) is 12.1 Å². The highest BCUT2D eigenvalue weighted by Gasteiger charge is 2.50. The largest absolute Gasteiger partial charge is 0.416 e. The molecule has 9 heteroatoms. The van der Waals surface area contributed by atoms with E-state index in [9.17, 15) is 27.6 Å². The number of alkyl halides is 3. The summed E-state index contributed by atoms with van der Waals surface area (Å²) in [6.45, 7) is 1.09. The molecule has 6 nitrogen and oxygen atoms in total. The van der Waals surface area contributed by atoms with E-state index >= 15 is 0 Å². The van der Waals surface area contributed by atoms with Gasteiger partial charge in [-0.2, -0.15) is 13.2 Å². The fraction of sp³-hybridized carbons (Fsp3) is 0.286. The summed E-state index contributed by atoms with van der Waals surface area (Å²) in [5.41, 5.74) is -1.76. The van der Waals surface area contributed by atoms with Crippen molar-refractivity contribution in [1.29, 1.82) is 0 Å². The fourth-order valence-electron chi connectivity index (χ4n) is 3.24. The molecule has 1 aliphatic heterocycles. The maximum atomic E-state index is 13.0. The molecule has 1 fully saturated rings. The molecule has 158 valence electrons. The highest BCUT2D eigenvalue weighted by molar-refractivity contribution is 6.09. The summed E-state index contributed by atoms with van der Waals surface area (Å²) in [4.78, 5) is 39.9. The summed E-state index contributed by atoms with van der Waals surface area (Å²) in [6, 6.07) is 12.5. The first kappa shape index (κ1) is 21.4. The van der Waals surface area contributed by atoms with Crippen LogP contribution in [0, 0.1) is 0 Å². The molecule has 1 atom stereocenters. The zero-order valence-electron chi connectivity index (χ0n) is 16.4. The number of nitrogens with one attached hydrogen (secondary N) is 1. The summed E-state index contributed by atoms with van der Waals surface area (Å²) < 4.78 is 39.1. The Morgan fingerprint density at radius 2 is 1.77 bits per heavy atom. The van der Waals surface area contributed by atoms with Crippen LogP contribution in [0.1, 0.15) is 23.6 Å². The summed E-state index contributed by atoms with van der Waals surface area (Å²) in [5, 5.41) is 2.42. The van der Waals surface area contributed by atoms with Crippen molar-refractivity contribution in [3.63, 3.8) is 0 Å². The molecule has 30 heavy (non-hydrogen) atoms. The van der Waals surface area contributed by atoms with E-state index in [0.717, 1.165) is 22.6 Å². The van der Waals surface area contributed by atoms with Gasteiger partial charge >= 0.3 is 12.2 Å². The van der Waals surface area contributed by atoms with Crippen LogP contribution < -0.4 is 5.32 Å². The summed E-state index contributed by atoms with van der Waals surface area (Å²) in [6.07, 6.45) is -4.59. The standard InChI is InChI=1S/C21H20F3N3O3/c1-20(15-9-6-10-16(11-15)21(22,23)24)18(29)27(19(30)25-20)13-17(28)26(2)12-14-7-4-3-5-8-14/h3-11H,12-13H2,1-2H3,(H,25,30). The molecule has 0 aromatic heterocycles. The number of amides is 4. The highest BCUT2D eigenvalue weighted by atomic mass is 19.4. The minimum Gasteiger partial charge on any atom is -0.340 e. The molecular formula is C21H20F3N3O3. The van der Waals surface area contributed by atoms with Crippen molar-refractivity contribution in [2.75, 3.05) is 13.6 Å². The number of urea groups is 1. The number of halogens is 3. The molecule has 0 aliphatic carbocycles. The lowest BCUT2D eigenvalue weighted by atomic mass is 9.90. The lowest BCUT2D eigenvalue weighted by Crippen LogP contribution is -2.43. The number of nitrogens with zero attached hydrogens (tertiary/aromatic N) is 2. The Labute approximate surface area is 171 Å². The lowest BCUT2D eigenvalue weighted by molar-refractivity contribution is -0.139. The predicted molar refractivity (Wildman–Crippen MR) is 102 cm³/mol. The molecule has 2 aromatic rings. The van der Waals surface area contributed by atoms with Crippen molar-refractivity contribution in [2.24, 2.45) is 0 Å². The van der Waals surface area contributed by atoms with Crippen LogP contribution in [-0.2, 0) is 27.8 Å². The number of rotatable bonds is 5. The van der Waals surface area contributed by atoms with Gasteiger partial charge in [-0.1, -0.05) is 42.5 Å². The average Bonchev–Trinajstić information content (AvgIpc) is 2.92. The third-order valence-electron chi connectivity index (χ3n) is 5.02. The first-order valence-electron chi connectivity index (χ1n) is 9.12. The van der Waals surface area contributed by atoms with Gasteiger partial charge in [-0.15, -0.1) is 0 Å². The van der Waals surface area contributed by atoms with E-state index in [4.69, 9.17) is 0 Å². The van der Waals surface area contributed by atoms with E-state index in [1.54, 1.807) is 7.05 Å². The molecule has 1 heterocycles. The van der Waals surface area contributed by atoms with Crippen molar-refractivity contribution in [2.45, 2.75) is 25.2 Å². The van der Waals surface area contributed by atoms with Crippen LogP contribution in [0.2, 0.25) is 0 Å². The molecule has 3 rings (SSSR count). The first-order chi connectivity index (χ1) is 14.0. The molecule has 4 amide bonds. The molecular weight excluding hydrogens is 399 g/mol. The third-order valence-corrected chi connectivity index (χ3v) is 5.02. The minimum absolute atomic E-state index is 0.0109. The highest BCUT2D eigenvalue weighted by Crippen LogP contribution is 2.34. The van der Waals surface area contributed by atoms with Gasteiger partial charge in [-0.25, -0.2) is 4.79 Å². The number of carbonyl (C=O) groups excluding carboxylic acids is 3. The number of hydrogen-bond acceptors (Lipinski definition) is 3. The van der Waals surface area contributed by atoms with Gasteiger partial charge in [0.05, 0.1) is 5.56 Å². The maximum Gasteiger partial charge on any atom is 0.416 e.